The van der Waals surface area contributed by atoms with E-state index in [1.165, 1.54) is 12.1 Å². The van der Waals surface area contributed by atoms with Gasteiger partial charge in [-0.1, -0.05) is 84.9 Å². The van der Waals surface area contributed by atoms with Crippen LogP contribution in [0.25, 0.3) is 22.0 Å². The molecule has 6 aromatic rings. The second kappa shape index (κ2) is 20.8. The van der Waals surface area contributed by atoms with Gasteiger partial charge in [-0.2, -0.15) is 0 Å². The van der Waals surface area contributed by atoms with E-state index in [1.807, 2.05) is 91.9 Å². The van der Waals surface area contributed by atoms with Gasteiger partial charge in [0, 0.05) is 80.5 Å². The molecule has 13 heteroatoms. The zero-order valence-corrected chi connectivity index (χ0v) is 35.6. The summed E-state index contributed by atoms with van der Waals surface area (Å²) < 4.78 is 5.78. The molecule has 0 spiro atoms. The lowest BCUT2D eigenvalue weighted by atomic mass is 10.0. The number of carbonyl (C=O) groups excluding carboxylic acids is 3. The number of nitrogens with zero attached hydrogens (tertiary/aromatic N) is 2. The van der Waals surface area contributed by atoms with Gasteiger partial charge in [-0.15, -0.1) is 0 Å². The van der Waals surface area contributed by atoms with Crippen LogP contribution >= 0.6 is 0 Å². The number of phenolic OH excluding ortho intramolecular Hbond substituents is 1. The molecule has 1 unspecified atom stereocenters. The highest BCUT2D eigenvalue weighted by Crippen LogP contribution is 2.30. The third-order valence-electron chi connectivity index (χ3n) is 11.5. The van der Waals surface area contributed by atoms with Crippen LogP contribution < -0.4 is 26.4 Å². The zero-order chi connectivity index (χ0) is 44.3. The van der Waals surface area contributed by atoms with Crippen LogP contribution in [0.3, 0.4) is 0 Å². The lowest BCUT2D eigenvalue weighted by molar-refractivity contribution is -0.118. The number of amides is 3. The fraction of sp³-hybridized carbons (Fsp3) is 0.280. The lowest BCUT2D eigenvalue weighted by Gasteiger charge is -2.31. The van der Waals surface area contributed by atoms with E-state index in [2.05, 4.69) is 25.8 Å². The standard InChI is InChI=1S/C50H54N6O7/c1-33(51-32-45(58)41-19-21-44(57)48-42(41)20-22-46(59)54-48)29-34-15-17-35(18-16-34)31-52-49(61)37-11-8-12-38(30-37)55(2)47(60)25-28-56-26-23-39(24-27-56)63-50(62)53-43-14-7-6-13-40(43)36-9-4-3-5-10-36/h3-22,30,33,39,45,51,57-58H,23-29,31-32H2,1-2H3,(H,52,61)(H,53,62)(H,54,59)/t33?,45-/m0/s1. The van der Waals surface area contributed by atoms with Crippen molar-refractivity contribution < 1.29 is 29.3 Å². The van der Waals surface area contributed by atoms with Crippen LogP contribution in [0.15, 0.2) is 132 Å². The molecular weight excluding hydrogens is 797 g/mol. The number of nitrogens with one attached hydrogen (secondary N) is 4. The van der Waals surface area contributed by atoms with E-state index in [0.29, 0.717) is 85.3 Å². The van der Waals surface area contributed by atoms with Crippen molar-refractivity contribution in [3.63, 3.8) is 0 Å². The number of carbonyl (C=O) groups is 3. The molecule has 7 rings (SSSR count). The van der Waals surface area contributed by atoms with Gasteiger partial charge in [-0.3, -0.25) is 19.7 Å². The van der Waals surface area contributed by atoms with Crippen LogP contribution in [-0.2, 0) is 22.5 Å². The van der Waals surface area contributed by atoms with E-state index in [1.54, 1.807) is 42.3 Å². The number of benzene rings is 5. The monoisotopic (exact) mass is 850 g/mol. The second-order valence-corrected chi connectivity index (χ2v) is 16.0. The van der Waals surface area contributed by atoms with Gasteiger partial charge in [0.1, 0.15) is 11.9 Å². The molecule has 0 radical (unpaired) electrons. The number of aliphatic hydroxyl groups excluding tert-OH is 1. The first-order valence-corrected chi connectivity index (χ1v) is 21.3. The number of aromatic nitrogens is 1. The molecule has 0 bridgehead atoms. The van der Waals surface area contributed by atoms with E-state index >= 15 is 0 Å². The van der Waals surface area contributed by atoms with Gasteiger partial charge in [0.15, 0.2) is 0 Å². The molecule has 6 N–H and O–H groups in total. The summed E-state index contributed by atoms with van der Waals surface area (Å²) in [6.45, 7) is 4.64. The quantitative estimate of drug-likeness (QED) is 0.0591. The van der Waals surface area contributed by atoms with Crippen LogP contribution in [0.1, 0.15) is 59.3 Å². The number of ether oxygens (including phenoxy) is 1. The summed E-state index contributed by atoms with van der Waals surface area (Å²) in [6, 6.07) is 38.7. The summed E-state index contributed by atoms with van der Waals surface area (Å²) in [4.78, 5) is 57.5. The number of phenols is 1. The number of likely N-dealkylation sites (tertiary alicyclic amines) is 1. The lowest BCUT2D eigenvalue weighted by Crippen LogP contribution is -2.40. The molecule has 5 aromatic carbocycles. The van der Waals surface area contributed by atoms with Crippen LogP contribution in [0, 0.1) is 0 Å². The fourth-order valence-corrected chi connectivity index (χ4v) is 7.90. The summed E-state index contributed by atoms with van der Waals surface area (Å²) >= 11 is 0. The predicted octanol–water partition coefficient (Wildman–Crippen LogP) is 7.15. The number of anilines is 2. The molecule has 1 aliphatic heterocycles. The highest BCUT2D eigenvalue weighted by atomic mass is 16.6. The largest absolute Gasteiger partial charge is 0.506 e. The number of rotatable bonds is 16. The Kier molecular flexibility index (Phi) is 14.6. The minimum Gasteiger partial charge on any atom is -0.506 e. The fourth-order valence-electron chi connectivity index (χ4n) is 7.90. The minimum absolute atomic E-state index is 0.0419. The van der Waals surface area contributed by atoms with E-state index < -0.39 is 12.2 Å². The number of para-hydroxylation sites is 1. The summed E-state index contributed by atoms with van der Waals surface area (Å²) in [7, 11) is 1.72. The Morgan fingerprint density at radius 2 is 1.60 bits per heavy atom. The molecule has 1 fully saturated rings. The molecule has 0 aliphatic carbocycles. The molecule has 3 amide bonds. The van der Waals surface area contributed by atoms with Gasteiger partial charge in [0.25, 0.3) is 5.91 Å². The van der Waals surface area contributed by atoms with Crippen molar-refractivity contribution in [3.05, 3.63) is 160 Å². The molecule has 1 aliphatic rings. The predicted molar refractivity (Wildman–Crippen MR) is 246 cm³/mol. The number of aromatic amines is 1. The van der Waals surface area contributed by atoms with Gasteiger partial charge >= 0.3 is 6.09 Å². The molecule has 1 saturated heterocycles. The number of hydrogen-bond acceptors (Lipinski definition) is 9. The van der Waals surface area contributed by atoms with Crippen molar-refractivity contribution in [1.29, 1.82) is 0 Å². The number of fused-ring (bicyclic) bond motifs is 1. The van der Waals surface area contributed by atoms with Gasteiger partial charge in [-0.25, -0.2) is 4.79 Å². The highest BCUT2D eigenvalue weighted by Gasteiger charge is 2.24. The maximum absolute atomic E-state index is 13.3. The molecule has 63 heavy (non-hydrogen) atoms. The SMILES string of the molecule is CC(Cc1ccc(CNC(=O)c2cccc(N(C)C(=O)CCN3CCC(OC(=O)Nc4ccccc4-c4ccccc4)CC3)c2)cc1)NC[C@H](O)c1ccc(O)c2[nH]c(=O)ccc12. The van der Waals surface area contributed by atoms with E-state index in [4.69, 9.17) is 4.74 Å². The van der Waals surface area contributed by atoms with Crippen molar-refractivity contribution in [3.8, 4) is 16.9 Å². The molecule has 326 valence electrons. The van der Waals surface area contributed by atoms with Gasteiger partial charge < -0.3 is 40.4 Å². The molecule has 1 aromatic heterocycles. The number of aromatic hydroxyl groups is 1. The van der Waals surface area contributed by atoms with Crippen LogP contribution in [0.4, 0.5) is 16.2 Å². The average molecular weight is 851 g/mol. The maximum atomic E-state index is 13.3. The molecule has 2 atom stereocenters. The van der Waals surface area contributed by atoms with Gasteiger partial charge in [-0.05, 0) is 84.8 Å². The Balaban J connectivity index is 0.809. The first-order chi connectivity index (χ1) is 30.5. The average Bonchev–Trinajstić information content (AvgIpc) is 3.30. The van der Waals surface area contributed by atoms with Crippen molar-refractivity contribution in [2.24, 2.45) is 0 Å². The summed E-state index contributed by atoms with van der Waals surface area (Å²) in [6.07, 6.45) is 0.833. The number of H-pyrrole nitrogens is 1. The Morgan fingerprint density at radius 3 is 2.38 bits per heavy atom. The first-order valence-electron chi connectivity index (χ1n) is 21.3. The summed E-state index contributed by atoms with van der Waals surface area (Å²) in [5.41, 5.74) is 6.31. The van der Waals surface area contributed by atoms with E-state index in [-0.39, 0.29) is 41.8 Å². The zero-order valence-electron chi connectivity index (χ0n) is 35.6. The third kappa shape index (κ3) is 11.8. The number of pyridine rings is 1. The second-order valence-electron chi connectivity index (χ2n) is 16.0. The summed E-state index contributed by atoms with van der Waals surface area (Å²) in [5.74, 6) is -0.359. The first kappa shape index (κ1) is 44.3. The van der Waals surface area contributed by atoms with E-state index in [9.17, 15) is 29.4 Å². The van der Waals surface area contributed by atoms with Gasteiger partial charge in [0.2, 0.25) is 11.5 Å². The van der Waals surface area contributed by atoms with Crippen molar-refractivity contribution >= 4 is 40.2 Å². The smallest absolute Gasteiger partial charge is 0.411 e. The number of piperidine rings is 1. The topological polar surface area (TPSA) is 176 Å². The van der Waals surface area contributed by atoms with Crippen molar-refractivity contribution in [1.82, 2.24) is 20.5 Å². The molecule has 13 nitrogen and oxygen atoms in total. The van der Waals surface area contributed by atoms with Crippen LogP contribution in [0.5, 0.6) is 5.75 Å². The van der Waals surface area contributed by atoms with Crippen molar-refractivity contribution in [2.45, 2.75) is 57.4 Å². The molecule has 2 heterocycles. The number of aliphatic hydroxyl groups is 1. The minimum atomic E-state index is -0.852. The number of hydrogen-bond donors (Lipinski definition) is 6. The van der Waals surface area contributed by atoms with Gasteiger partial charge in [0.05, 0.1) is 17.3 Å². The Morgan fingerprint density at radius 1 is 0.873 bits per heavy atom. The Bertz CT molecular complexity index is 2570. The van der Waals surface area contributed by atoms with Crippen LogP contribution in [-0.4, -0.2) is 83.4 Å². The Hall–Kier alpha value is -6.80. The van der Waals surface area contributed by atoms with Crippen molar-refractivity contribution in [2.75, 3.05) is 43.4 Å². The Labute approximate surface area is 366 Å². The molecule has 0 saturated carbocycles. The third-order valence-corrected chi connectivity index (χ3v) is 11.5. The maximum Gasteiger partial charge on any atom is 0.411 e. The van der Waals surface area contributed by atoms with Crippen LogP contribution in [0.2, 0.25) is 0 Å². The molecular formula is C50H54N6O7. The van der Waals surface area contributed by atoms with E-state index in [0.717, 1.165) is 22.3 Å². The summed E-state index contributed by atoms with van der Waals surface area (Å²) in [5, 5.41) is 30.9. The normalized spacial score (nSPS) is 14.1. The highest BCUT2D eigenvalue weighted by molar-refractivity contribution is 5.98.